The standard InChI is InChI=1S/C17H19N3O4S/c21-12-4-1-10(2-5-12)18-16(22)13-8-25-17(20-13)19-11-3-6-14-15(7-11)24-9-23-14/h3,6-8,10,12,21H,1-2,4-5,9H2,(H,18,22)(H,19,20). The van der Waals surface area contributed by atoms with Crippen LogP contribution in [0, 0.1) is 0 Å². The third-order valence-corrected chi connectivity index (χ3v) is 5.15. The molecule has 2 aliphatic rings. The molecule has 1 aliphatic carbocycles. The largest absolute Gasteiger partial charge is 0.454 e. The molecule has 7 nitrogen and oxygen atoms in total. The second kappa shape index (κ2) is 6.89. The van der Waals surface area contributed by atoms with Gasteiger partial charge in [0, 0.05) is 23.2 Å². The summed E-state index contributed by atoms with van der Waals surface area (Å²) in [5.74, 6) is 1.25. The zero-order valence-electron chi connectivity index (χ0n) is 13.5. The number of aliphatic hydroxyl groups excluding tert-OH is 1. The van der Waals surface area contributed by atoms with Crippen molar-refractivity contribution in [2.45, 2.75) is 37.8 Å². The van der Waals surface area contributed by atoms with E-state index in [1.54, 1.807) is 5.38 Å². The number of benzene rings is 1. The molecule has 132 valence electrons. The fourth-order valence-corrected chi connectivity index (χ4v) is 3.72. The summed E-state index contributed by atoms with van der Waals surface area (Å²) in [7, 11) is 0. The van der Waals surface area contributed by atoms with Gasteiger partial charge in [-0.1, -0.05) is 0 Å². The first-order valence-corrected chi connectivity index (χ1v) is 9.16. The van der Waals surface area contributed by atoms with Crippen LogP contribution in [-0.4, -0.2) is 34.9 Å². The molecule has 2 aromatic rings. The predicted molar refractivity (Wildman–Crippen MR) is 93.7 cm³/mol. The molecule has 0 spiro atoms. The Labute approximate surface area is 149 Å². The second-order valence-electron chi connectivity index (χ2n) is 6.21. The van der Waals surface area contributed by atoms with Crippen LogP contribution in [-0.2, 0) is 0 Å². The zero-order chi connectivity index (χ0) is 17.2. The van der Waals surface area contributed by atoms with E-state index in [2.05, 4.69) is 15.6 Å². The maximum Gasteiger partial charge on any atom is 0.271 e. The number of aliphatic hydroxyl groups is 1. The van der Waals surface area contributed by atoms with Crippen LogP contribution in [0.5, 0.6) is 11.5 Å². The number of nitrogens with one attached hydrogen (secondary N) is 2. The van der Waals surface area contributed by atoms with Crippen LogP contribution in [0.3, 0.4) is 0 Å². The van der Waals surface area contributed by atoms with Gasteiger partial charge in [0.1, 0.15) is 5.69 Å². The number of carbonyl (C=O) groups excluding carboxylic acids is 1. The van der Waals surface area contributed by atoms with Crippen molar-refractivity contribution < 1.29 is 19.4 Å². The summed E-state index contributed by atoms with van der Waals surface area (Å²) >= 11 is 1.37. The van der Waals surface area contributed by atoms with E-state index in [1.165, 1.54) is 11.3 Å². The Kier molecular flexibility index (Phi) is 4.46. The fourth-order valence-electron chi connectivity index (χ4n) is 3.01. The molecular formula is C17H19N3O4S. The average molecular weight is 361 g/mol. The molecule has 0 saturated heterocycles. The smallest absolute Gasteiger partial charge is 0.271 e. The van der Waals surface area contributed by atoms with Gasteiger partial charge in [-0.15, -0.1) is 11.3 Å². The highest BCUT2D eigenvalue weighted by atomic mass is 32.1. The monoisotopic (exact) mass is 361 g/mol. The molecule has 4 rings (SSSR count). The van der Waals surface area contributed by atoms with E-state index < -0.39 is 0 Å². The number of aromatic nitrogens is 1. The fraction of sp³-hybridized carbons (Fsp3) is 0.412. The second-order valence-corrected chi connectivity index (χ2v) is 7.07. The third kappa shape index (κ3) is 3.69. The third-order valence-electron chi connectivity index (χ3n) is 4.39. The molecule has 1 saturated carbocycles. The van der Waals surface area contributed by atoms with Crippen molar-refractivity contribution >= 4 is 28.1 Å². The van der Waals surface area contributed by atoms with Gasteiger partial charge in [-0.2, -0.15) is 0 Å². The molecule has 0 atom stereocenters. The molecule has 0 bridgehead atoms. The van der Waals surface area contributed by atoms with Gasteiger partial charge in [0.2, 0.25) is 6.79 Å². The molecule has 2 heterocycles. The molecular weight excluding hydrogens is 342 g/mol. The van der Waals surface area contributed by atoms with Crippen LogP contribution >= 0.6 is 11.3 Å². The number of hydrogen-bond acceptors (Lipinski definition) is 7. The first-order valence-electron chi connectivity index (χ1n) is 8.28. The number of hydrogen-bond donors (Lipinski definition) is 3. The Morgan fingerprint density at radius 3 is 2.84 bits per heavy atom. The number of thiazole rings is 1. The Hall–Kier alpha value is -2.32. The molecule has 1 aliphatic heterocycles. The van der Waals surface area contributed by atoms with E-state index in [0.29, 0.717) is 16.6 Å². The van der Waals surface area contributed by atoms with Crippen LogP contribution in [0.15, 0.2) is 23.6 Å². The summed E-state index contributed by atoms with van der Waals surface area (Å²) < 4.78 is 10.6. The van der Waals surface area contributed by atoms with E-state index in [4.69, 9.17) is 9.47 Å². The number of nitrogens with zero attached hydrogens (tertiary/aromatic N) is 1. The quantitative estimate of drug-likeness (QED) is 0.775. The minimum atomic E-state index is -0.232. The van der Waals surface area contributed by atoms with Crippen molar-refractivity contribution in [1.82, 2.24) is 10.3 Å². The van der Waals surface area contributed by atoms with E-state index in [0.717, 1.165) is 37.1 Å². The van der Waals surface area contributed by atoms with Gasteiger partial charge in [0.25, 0.3) is 5.91 Å². The van der Waals surface area contributed by atoms with Crippen LogP contribution < -0.4 is 20.1 Å². The van der Waals surface area contributed by atoms with E-state index in [9.17, 15) is 9.90 Å². The highest BCUT2D eigenvalue weighted by Crippen LogP contribution is 2.35. The number of rotatable bonds is 4. The normalized spacial score (nSPS) is 21.8. The van der Waals surface area contributed by atoms with Gasteiger partial charge in [-0.05, 0) is 37.8 Å². The summed E-state index contributed by atoms with van der Waals surface area (Å²) in [4.78, 5) is 16.7. The molecule has 1 amide bonds. The first-order chi connectivity index (χ1) is 12.2. The molecule has 1 fully saturated rings. The molecule has 1 aromatic carbocycles. The van der Waals surface area contributed by atoms with Crippen molar-refractivity contribution in [3.8, 4) is 11.5 Å². The number of fused-ring (bicyclic) bond motifs is 1. The lowest BCUT2D eigenvalue weighted by molar-refractivity contribution is 0.0864. The molecule has 1 aromatic heterocycles. The number of amides is 1. The lowest BCUT2D eigenvalue weighted by atomic mass is 9.93. The minimum absolute atomic E-state index is 0.114. The summed E-state index contributed by atoms with van der Waals surface area (Å²) in [6.45, 7) is 0.235. The lowest BCUT2D eigenvalue weighted by Gasteiger charge is -2.25. The lowest BCUT2D eigenvalue weighted by Crippen LogP contribution is -2.38. The Bertz CT molecular complexity index is 771. The summed E-state index contributed by atoms with van der Waals surface area (Å²) in [6, 6.07) is 5.67. The Morgan fingerprint density at radius 2 is 2.00 bits per heavy atom. The molecule has 3 N–H and O–H groups in total. The molecule has 25 heavy (non-hydrogen) atoms. The molecule has 0 unspecified atom stereocenters. The van der Waals surface area contributed by atoms with Gasteiger partial charge in [0.15, 0.2) is 16.6 Å². The maximum atomic E-state index is 12.3. The number of carbonyl (C=O) groups is 1. The zero-order valence-corrected chi connectivity index (χ0v) is 14.3. The number of anilines is 2. The van der Waals surface area contributed by atoms with Crippen molar-refractivity contribution in [3.05, 3.63) is 29.3 Å². The van der Waals surface area contributed by atoms with Crippen molar-refractivity contribution in [2.24, 2.45) is 0 Å². The minimum Gasteiger partial charge on any atom is -0.454 e. The highest BCUT2D eigenvalue weighted by Gasteiger charge is 2.22. The Balaban J connectivity index is 1.37. The van der Waals surface area contributed by atoms with Gasteiger partial charge >= 0.3 is 0 Å². The molecule has 8 heteroatoms. The van der Waals surface area contributed by atoms with Gasteiger partial charge in [-0.25, -0.2) is 4.98 Å². The van der Waals surface area contributed by atoms with Crippen molar-refractivity contribution in [2.75, 3.05) is 12.1 Å². The van der Waals surface area contributed by atoms with E-state index in [1.807, 2.05) is 18.2 Å². The summed E-state index contributed by atoms with van der Waals surface area (Å²) in [5, 5.41) is 18.1. The van der Waals surface area contributed by atoms with E-state index in [-0.39, 0.29) is 24.8 Å². The van der Waals surface area contributed by atoms with Gasteiger partial charge in [0.05, 0.1) is 6.10 Å². The number of ether oxygens (including phenoxy) is 2. The average Bonchev–Trinajstić information content (AvgIpc) is 3.26. The van der Waals surface area contributed by atoms with Gasteiger partial charge in [-0.3, -0.25) is 4.79 Å². The van der Waals surface area contributed by atoms with Gasteiger partial charge < -0.3 is 25.2 Å². The first kappa shape index (κ1) is 16.2. The predicted octanol–water partition coefficient (Wildman–Crippen LogP) is 2.65. The van der Waals surface area contributed by atoms with Crippen LogP contribution in [0.4, 0.5) is 10.8 Å². The Morgan fingerprint density at radius 1 is 1.20 bits per heavy atom. The van der Waals surface area contributed by atoms with E-state index >= 15 is 0 Å². The topological polar surface area (TPSA) is 92.7 Å². The van der Waals surface area contributed by atoms with Crippen molar-refractivity contribution in [1.29, 1.82) is 0 Å². The SMILES string of the molecule is O=C(NC1CCC(O)CC1)c1csc(Nc2ccc3c(c2)OCO3)n1. The summed E-state index contributed by atoms with van der Waals surface area (Å²) in [6.07, 6.45) is 2.85. The maximum absolute atomic E-state index is 12.3. The highest BCUT2D eigenvalue weighted by molar-refractivity contribution is 7.14. The summed E-state index contributed by atoms with van der Waals surface area (Å²) in [5.41, 5.74) is 1.23. The van der Waals surface area contributed by atoms with Crippen molar-refractivity contribution in [3.63, 3.8) is 0 Å². The van der Waals surface area contributed by atoms with Crippen LogP contribution in [0.25, 0.3) is 0 Å². The van der Waals surface area contributed by atoms with Crippen LogP contribution in [0.1, 0.15) is 36.2 Å². The van der Waals surface area contributed by atoms with Crippen LogP contribution in [0.2, 0.25) is 0 Å². The molecule has 0 radical (unpaired) electrons.